The van der Waals surface area contributed by atoms with Crippen molar-refractivity contribution in [3.63, 3.8) is 0 Å². The maximum atomic E-state index is 13.1. The lowest BCUT2D eigenvalue weighted by Crippen LogP contribution is -2.37. The van der Waals surface area contributed by atoms with Crippen LogP contribution in [0.4, 0.5) is 10.5 Å². The summed E-state index contributed by atoms with van der Waals surface area (Å²) in [4.78, 5) is 35.8. The first-order valence-corrected chi connectivity index (χ1v) is 11.1. The van der Waals surface area contributed by atoms with Gasteiger partial charge >= 0.3 is 6.09 Å². The highest BCUT2D eigenvalue weighted by atomic mass is 16.6. The van der Waals surface area contributed by atoms with Gasteiger partial charge in [-0.1, -0.05) is 43.7 Å². The number of cyclic esters (lactones) is 1. The van der Waals surface area contributed by atoms with E-state index in [9.17, 15) is 9.59 Å². The molecule has 2 heterocycles. The van der Waals surface area contributed by atoms with Crippen LogP contribution in [0, 0.1) is 19.8 Å². The molecule has 1 unspecified atom stereocenters. The van der Waals surface area contributed by atoms with Crippen molar-refractivity contribution in [2.24, 2.45) is 5.92 Å². The Labute approximate surface area is 193 Å². The first kappa shape index (κ1) is 22.5. The van der Waals surface area contributed by atoms with Gasteiger partial charge in [-0.05, 0) is 49.1 Å². The Morgan fingerprint density at radius 1 is 1.09 bits per heavy atom. The van der Waals surface area contributed by atoms with Crippen molar-refractivity contribution < 1.29 is 14.3 Å². The first-order valence-electron chi connectivity index (χ1n) is 11.1. The van der Waals surface area contributed by atoms with E-state index in [1.54, 1.807) is 23.4 Å². The van der Waals surface area contributed by atoms with Crippen LogP contribution in [-0.2, 0) is 11.3 Å². The molecule has 1 aromatic heterocycles. The zero-order chi connectivity index (χ0) is 23.5. The summed E-state index contributed by atoms with van der Waals surface area (Å²) in [7, 11) is 0. The van der Waals surface area contributed by atoms with E-state index in [1.807, 2.05) is 50.2 Å². The van der Waals surface area contributed by atoms with Crippen molar-refractivity contribution in [3.8, 4) is 11.1 Å². The third-order valence-corrected chi connectivity index (χ3v) is 5.78. The van der Waals surface area contributed by atoms with Crippen LogP contribution >= 0.6 is 0 Å². The average molecular weight is 445 g/mol. The molecule has 170 valence electrons. The van der Waals surface area contributed by atoms with Crippen molar-refractivity contribution in [1.29, 1.82) is 0 Å². The van der Waals surface area contributed by atoms with E-state index in [1.165, 1.54) is 0 Å². The summed E-state index contributed by atoms with van der Waals surface area (Å²) in [5, 5.41) is 2.91. The van der Waals surface area contributed by atoms with Crippen LogP contribution in [0.2, 0.25) is 0 Å². The number of hydrogen-bond donors (Lipinski definition) is 1. The lowest BCUT2D eigenvalue weighted by molar-refractivity contribution is 0.0950. The number of carbonyl (C=O) groups is 2. The maximum absolute atomic E-state index is 13.1. The molecular weight excluding hydrogens is 416 g/mol. The SMILES string of the molecule is Cc1ccc(-c2cc(C(=O)NCc3cnc(C)cn3)cc(N3C(=O)OCC3C(C)C)c2)cc1. The molecule has 1 saturated heterocycles. The molecule has 0 spiro atoms. The third-order valence-electron chi connectivity index (χ3n) is 5.78. The molecule has 4 rings (SSSR count). The summed E-state index contributed by atoms with van der Waals surface area (Å²) >= 11 is 0. The lowest BCUT2D eigenvalue weighted by atomic mass is 9.98. The second-order valence-electron chi connectivity index (χ2n) is 8.72. The van der Waals surface area contributed by atoms with E-state index in [-0.39, 0.29) is 24.4 Å². The number of ether oxygens (including phenoxy) is 1. The largest absolute Gasteiger partial charge is 0.447 e. The Balaban J connectivity index is 1.69. The molecule has 1 aliphatic heterocycles. The van der Waals surface area contributed by atoms with Gasteiger partial charge in [-0.25, -0.2) is 4.79 Å². The zero-order valence-electron chi connectivity index (χ0n) is 19.3. The summed E-state index contributed by atoms with van der Waals surface area (Å²) in [5.41, 5.74) is 5.57. The normalized spacial score (nSPS) is 15.6. The summed E-state index contributed by atoms with van der Waals surface area (Å²) in [5.74, 6) is -0.0434. The van der Waals surface area contributed by atoms with E-state index in [2.05, 4.69) is 29.1 Å². The predicted molar refractivity (Wildman–Crippen MR) is 127 cm³/mol. The topological polar surface area (TPSA) is 84.4 Å². The molecule has 1 N–H and O–H groups in total. The highest BCUT2D eigenvalue weighted by molar-refractivity contribution is 5.99. The van der Waals surface area contributed by atoms with Crippen LogP contribution in [0.15, 0.2) is 54.9 Å². The quantitative estimate of drug-likeness (QED) is 0.597. The van der Waals surface area contributed by atoms with E-state index in [4.69, 9.17) is 4.74 Å². The summed E-state index contributed by atoms with van der Waals surface area (Å²) < 4.78 is 5.34. The molecule has 33 heavy (non-hydrogen) atoms. The van der Waals surface area contributed by atoms with Gasteiger partial charge in [0.05, 0.1) is 30.2 Å². The Morgan fingerprint density at radius 2 is 1.85 bits per heavy atom. The van der Waals surface area contributed by atoms with Crippen LogP contribution in [-0.4, -0.2) is 34.6 Å². The number of hydrogen-bond acceptors (Lipinski definition) is 5. The fourth-order valence-corrected chi connectivity index (χ4v) is 3.80. The highest BCUT2D eigenvalue weighted by Gasteiger charge is 2.36. The third kappa shape index (κ3) is 5.03. The average Bonchev–Trinajstić information content (AvgIpc) is 3.20. The molecule has 0 aliphatic carbocycles. The van der Waals surface area contributed by atoms with E-state index in [0.29, 0.717) is 23.6 Å². The number of nitrogens with one attached hydrogen (secondary N) is 1. The van der Waals surface area contributed by atoms with Gasteiger partial charge in [-0.15, -0.1) is 0 Å². The van der Waals surface area contributed by atoms with Gasteiger partial charge in [0.25, 0.3) is 5.91 Å². The summed E-state index contributed by atoms with van der Waals surface area (Å²) in [6, 6.07) is 13.5. The fourth-order valence-electron chi connectivity index (χ4n) is 3.80. The van der Waals surface area contributed by atoms with Crippen molar-refractivity contribution in [1.82, 2.24) is 15.3 Å². The van der Waals surface area contributed by atoms with Gasteiger partial charge in [0.2, 0.25) is 0 Å². The van der Waals surface area contributed by atoms with Crippen molar-refractivity contribution in [2.75, 3.05) is 11.5 Å². The number of nitrogens with zero attached hydrogens (tertiary/aromatic N) is 3. The number of aryl methyl sites for hydroxylation is 2. The van der Waals surface area contributed by atoms with Gasteiger partial charge in [-0.3, -0.25) is 19.7 Å². The van der Waals surface area contributed by atoms with Crippen molar-refractivity contribution in [3.05, 3.63) is 77.4 Å². The maximum Gasteiger partial charge on any atom is 0.414 e. The molecule has 0 bridgehead atoms. The van der Waals surface area contributed by atoms with E-state index >= 15 is 0 Å². The number of carbonyl (C=O) groups excluding carboxylic acids is 2. The Kier molecular flexibility index (Phi) is 6.40. The zero-order valence-corrected chi connectivity index (χ0v) is 19.3. The number of benzene rings is 2. The van der Waals surface area contributed by atoms with Gasteiger partial charge < -0.3 is 10.1 Å². The van der Waals surface area contributed by atoms with Crippen molar-refractivity contribution >= 4 is 17.7 Å². The number of anilines is 1. The molecule has 3 aromatic rings. The molecule has 2 amide bonds. The van der Waals surface area contributed by atoms with Crippen LogP contribution in [0.3, 0.4) is 0 Å². The summed E-state index contributed by atoms with van der Waals surface area (Å²) in [6.45, 7) is 8.59. The Morgan fingerprint density at radius 3 is 2.52 bits per heavy atom. The molecule has 2 aromatic carbocycles. The number of aromatic nitrogens is 2. The van der Waals surface area contributed by atoms with E-state index in [0.717, 1.165) is 22.4 Å². The Hall–Kier alpha value is -3.74. The molecule has 0 saturated carbocycles. The Bertz CT molecular complexity index is 1160. The number of amides is 2. The van der Waals surface area contributed by atoms with Crippen LogP contribution in [0.25, 0.3) is 11.1 Å². The van der Waals surface area contributed by atoms with Crippen LogP contribution < -0.4 is 10.2 Å². The first-order chi connectivity index (χ1) is 15.8. The number of rotatable bonds is 6. The minimum atomic E-state index is -0.393. The lowest BCUT2D eigenvalue weighted by Gasteiger charge is -2.25. The minimum Gasteiger partial charge on any atom is -0.447 e. The summed E-state index contributed by atoms with van der Waals surface area (Å²) in [6.07, 6.45) is 2.93. The van der Waals surface area contributed by atoms with Gasteiger partial charge in [0.15, 0.2) is 0 Å². The predicted octanol–water partition coefficient (Wildman–Crippen LogP) is 4.67. The molecule has 1 atom stereocenters. The van der Waals surface area contributed by atoms with Gasteiger partial charge in [-0.2, -0.15) is 0 Å². The van der Waals surface area contributed by atoms with Crippen LogP contribution in [0.1, 0.15) is 41.2 Å². The minimum absolute atomic E-state index is 0.0930. The molecule has 1 aliphatic rings. The highest BCUT2D eigenvalue weighted by Crippen LogP contribution is 2.32. The molecule has 0 radical (unpaired) electrons. The standard InChI is InChI=1S/C26H28N4O3/c1-16(2)24-15-33-26(32)30(24)23-10-20(19-7-5-17(3)6-8-19)9-21(11-23)25(31)29-14-22-13-27-18(4)12-28-22/h5-13,16,24H,14-15H2,1-4H3,(H,29,31). The van der Waals surface area contributed by atoms with E-state index < -0.39 is 6.09 Å². The van der Waals surface area contributed by atoms with Crippen molar-refractivity contribution in [2.45, 2.75) is 40.3 Å². The molecule has 1 fully saturated rings. The molecule has 7 heteroatoms. The second kappa shape index (κ2) is 9.40. The molecule has 7 nitrogen and oxygen atoms in total. The van der Waals surface area contributed by atoms with Crippen LogP contribution in [0.5, 0.6) is 0 Å². The smallest absolute Gasteiger partial charge is 0.414 e. The second-order valence-corrected chi connectivity index (χ2v) is 8.72. The fraction of sp³-hybridized carbons (Fsp3) is 0.308. The van der Waals surface area contributed by atoms with Gasteiger partial charge in [0, 0.05) is 17.4 Å². The van der Waals surface area contributed by atoms with Gasteiger partial charge in [0.1, 0.15) is 6.61 Å². The molecular formula is C26H28N4O3. The monoisotopic (exact) mass is 444 g/mol.